The van der Waals surface area contributed by atoms with Crippen molar-refractivity contribution < 1.29 is 4.79 Å². The Labute approximate surface area is 71.4 Å². The van der Waals surface area contributed by atoms with Crippen LogP contribution in [0.5, 0.6) is 0 Å². The van der Waals surface area contributed by atoms with Gasteiger partial charge in [0.1, 0.15) is 5.69 Å². The molecule has 2 rings (SSSR count). The molecule has 0 radical (unpaired) electrons. The van der Waals surface area contributed by atoms with Crippen LogP contribution in [-0.2, 0) is 0 Å². The van der Waals surface area contributed by atoms with Crippen LogP contribution in [0.15, 0.2) is 12.5 Å². The van der Waals surface area contributed by atoms with Crippen LogP contribution >= 0.6 is 0 Å². The minimum Gasteiger partial charge on any atom is -0.325 e. The van der Waals surface area contributed by atoms with Crippen LogP contribution in [0.1, 0.15) is 36.8 Å². The van der Waals surface area contributed by atoms with Crippen molar-refractivity contribution in [3.8, 4) is 0 Å². The molecule has 1 heterocycles. The fourth-order valence-electron chi connectivity index (χ4n) is 1.58. The van der Waals surface area contributed by atoms with Crippen LogP contribution in [0, 0.1) is 5.41 Å². The minimum absolute atomic E-state index is 0.346. The fourth-order valence-corrected chi connectivity index (χ4v) is 1.58. The fraction of sp³-hybridized carbons (Fsp3) is 0.556. The highest BCUT2D eigenvalue weighted by Gasteiger charge is 2.47. The van der Waals surface area contributed by atoms with E-state index in [1.807, 2.05) is 4.57 Å². The summed E-state index contributed by atoms with van der Waals surface area (Å²) in [5.41, 5.74) is 1.03. The number of carbonyl (C=O) groups is 1. The first-order valence-electron chi connectivity index (χ1n) is 4.12. The minimum atomic E-state index is 0.346. The summed E-state index contributed by atoms with van der Waals surface area (Å²) in [6.45, 7) is 4.40. The van der Waals surface area contributed by atoms with Crippen LogP contribution < -0.4 is 0 Å². The quantitative estimate of drug-likeness (QED) is 0.623. The molecule has 1 aliphatic rings. The first kappa shape index (κ1) is 7.53. The first-order chi connectivity index (χ1) is 5.65. The Morgan fingerprint density at radius 2 is 2.42 bits per heavy atom. The zero-order valence-corrected chi connectivity index (χ0v) is 7.32. The molecule has 0 aromatic carbocycles. The van der Waals surface area contributed by atoms with Gasteiger partial charge in [0.05, 0.1) is 12.5 Å². The van der Waals surface area contributed by atoms with E-state index < -0.39 is 0 Å². The molecule has 0 spiro atoms. The van der Waals surface area contributed by atoms with Crippen LogP contribution in [0.2, 0.25) is 0 Å². The largest absolute Gasteiger partial charge is 0.325 e. The normalized spacial score (nSPS) is 25.3. The number of nitrogens with zero attached hydrogens (tertiary/aromatic N) is 2. The number of imidazole rings is 1. The van der Waals surface area contributed by atoms with Gasteiger partial charge in [-0.05, 0) is 11.8 Å². The molecule has 12 heavy (non-hydrogen) atoms. The van der Waals surface area contributed by atoms with E-state index in [1.54, 1.807) is 12.5 Å². The predicted molar refractivity (Wildman–Crippen MR) is 45.0 cm³/mol. The zero-order valence-electron chi connectivity index (χ0n) is 7.32. The molecule has 1 atom stereocenters. The van der Waals surface area contributed by atoms with Crippen molar-refractivity contribution in [2.75, 3.05) is 0 Å². The lowest BCUT2D eigenvalue weighted by atomic mass is 10.2. The molecule has 3 nitrogen and oxygen atoms in total. The maximum Gasteiger partial charge on any atom is 0.168 e. The van der Waals surface area contributed by atoms with Gasteiger partial charge in [0.15, 0.2) is 6.29 Å². The third kappa shape index (κ3) is 0.967. The highest BCUT2D eigenvalue weighted by Crippen LogP contribution is 2.55. The van der Waals surface area contributed by atoms with Crippen molar-refractivity contribution in [2.45, 2.75) is 26.3 Å². The lowest BCUT2D eigenvalue weighted by Crippen LogP contribution is -2.02. The molecule has 1 aliphatic carbocycles. The van der Waals surface area contributed by atoms with Crippen LogP contribution in [-0.4, -0.2) is 15.8 Å². The number of aromatic nitrogens is 2. The summed E-state index contributed by atoms with van der Waals surface area (Å²) >= 11 is 0. The number of aldehydes is 1. The molecule has 0 amide bonds. The molecular formula is C9H12N2O. The average molecular weight is 164 g/mol. The number of hydrogen-bond acceptors (Lipinski definition) is 2. The second kappa shape index (κ2) is 2.19. The van der Waals surface area contributed by atoms with Crippen molar-refractivity contribution >= 4 is 6.29 Å². The molecule has 0 N–H and O–H groups in total. The Morgan fingerprint density at radius 3 is 2.92 bits per heavy atom. The Balaban J connectivity index is 2.30. The lowest BCUT2D eigenvalue weighted by molar-refractivity contribution is 0.111. The van der Waals surface area contributed by atoms with Crippen molar-refractivity contribution in [3.63, 3.8) is 0 Å². The van der Waals surface area contributed by atoms with Gasteiger partial charge in [-0.1, -0.05) is 13.8 Å². The Hall–Kier alpha value is -1.12. The smallest absolute Gasteiger partial charge is 0.168 e. The van der Waals surface area contributed by atoms with Gasteiger partial charge in [-0.2, -0.15) is 0 Å². The molecule has 3 heteroatoms. The average Bonchev–Trinajstić information content (AvgIpc) is 2.51. The molecule has 1 unspecified atom stereocenters. The third-order valence-electron chi connectivity index (χ3n) is 2.61. The molecule has 1 saturated carbocycles. The highest BCUT2D eigenvalue weighted by atomic mass is 16.1. The summed E-state index contributed by atoms with van der Waals surface area (Å²) in [5, 5.41) is 0. The second-order valence-corrected chi connectivity index (χ2v) is 4.05. The van der Waals surface area contributed by atoms with E-state index in [2.05, 4.69) is 18.8 Å². The van der Waals surface area contributed by atoms with Gasteiger partial charge in [0.2, 0.25) is 0 Å². The van der Waals surface area contributed by atoms with Crippen LogP contribution in [0.4, 0.5) is 0 Å². The Kier molecular flexibility index (Phi) is 1.37. The summed E-state index contributed by atoms with van der Waals surface area (Å²) in [4.78, 5) is 14.5. The first-order valence-corrected chi connectivity index (χ1v) is 4.12. The van der Waals surface area contributed by atoms with Crippen molar-refractivity contribution in [1.82, 2.24) is 9.55 Å². The van der Waals surface area contributed by atoms with E-state index in [9.17, 15) is 4.79 Å². The van der Waals surface area contributed by atoms with Gasteiger partial charge >= 0.3 is 0 Å². The second-order valence-electron chi connectivity index (χ2n) is 4.05. The number of carbonyl (C=O) groups excluding carboxylic acids is 1. The van der Waals surface area contributed by atoms with Crippen LogP contribution in [0.25, 0.3) is 0 Å². The number of hydrogen-bond donors (Lipinski definition) is 0. The number of rotatable bonds is 2. The van der Waals surface area contributed by atoms with Gasteiger partial charge in [0, 0.05) is 6.04 Å². The topological polar surface area (TPSA) is 34.9 Å². The van der Waals surface area contributed by atoms with Gasteiger partial charge in [-0.15, -0.1) is 0 Å². The highest BCUT2D eigenvalue weighted by molar-refractivity contribution is 5.71. The summed E-state index contributed by atoms with van der Waals surface area (Å²) in [5.74, 6) is 0. The Bertz CT molecular complexity index is 314. The predicted octanol–water partition coefficient (Wildman–Crippen LogP) is 1.67. The summed E-state index contributed by atoms with van der Waals surface area (Å²) in [6, 6.07) is 0.472. The lowest BCUT2D eigenvalue weighted by Gasteiger charge is -2.05. The maximum atomic E-state index is 10.6. The van der Waals surface area contributed by atoms with Crippen molar-refractivity contribution in [3.05, 3.63) is 18.2 Å². The standard InChI is InChI=1S/C9H12N2O/c1-9(2)3-8(9)11-6-10-4-7(11)5-12/h4-6,8H,3H2,1-2H3. The van der Waals surface area contributed by atoms with E-state index in [1.165, 1.54) is 0 Å². The zero-order chi connectivity index (χ0) is 8.77. The summed E-state index contributed by atoms with van der Waals surface area (Å²) in [7, 11) is 0. The Morgan fingerprint density at radius 1 is 1.75 bits per heavy atom. The van der Waals surface area contributed by atoms with Crippen molar-refractivity contribution in [2.24, 2.45) is 5.41 Å². The molecule has 0 aliphatic heterocycles. The molecule has 1 aromatic rings. The SMILES string of the molecule is CC1(C)CC1n1cncc1C=O. The summed E-state index contributed by atoms with van der Waals surface area (Å²) in [6.07, 6.45) is 5.36. The maximum absolute atomic E-state index is 10.6. The van der Waals surface area contributed by atoms with Gasteiger partial charge < -0.3 is 4.57 Å². The van der Waals surface area contributed by atoms with E-state index in [0.29, 0.717) is 17.2 Å². The monoisotopic (exact) mass is 164 g/mol. The molecule has 0 bridgehead atoms. The van der Waals surface area contributed by atoms with Gasteiger partial charge in [0.25, 0.3) is 0 Å². The van der Waals surface area contributed by atoms with E-state index in [0.717, 1.165) is 12.7 Å². The van der Waals surface area contributed by atoms with Crippen molar-refractivity contribution in [1.29, 1.82) is 0 Å². The van der Waals surface area contributed by atoms with Crippen LogP contribution in [0.3, 0.4) is 0 Å². The summed E-state index contributed by atoms with van der Waals surface area (Å²) < 4.78 is 1.97. The van der Waals surface area contributed by atoms with Gasteiger partial charge in [-0.25, -0.2) is 4.98 Å². The third-order valence-corrected chi connectivity index (χ3v) is 2.61. The van der Waals surface area contributed by atoms with E-state index >= 15 is 0 Å². The molecule has 64 valence electrons. The van der Waals surface area contributed by atoms with E-state index in [-0.39, 0.29) is 0 Å². The molecule has 1 fully saturated rings. The molecule has 0 saturated heterocycles. The van der Waals surface area contributed by atoms with Gasteiger partial charge in [-0.3, -0.25) is 4.79 Å². The van der Waals surface area contributed by atoms with E-state index in [4.69, 9.17) is 0 Å². The molecular weight excluding hydrogens is 152 g/mol. The molecule has 1 aromatic heterocycles.